The molecule has 3 heterocycles. The van der Waals surface area contributed by atoms with Crippen LogP contribution in [0.2, 0.25) is 0 Å². The van der Waals surface area contributed by atoms with Crippen LogP contribution in [0.1, 0.15) is 30.3 Å². The summed E-state index contributed by atoms with van der Waals surface area (Å²) in [4.78, 5) is 6.20. The number of nitrogens with zero attached hydrogens (tertiary/aromatic N) is 2. The number of imidazole rings is 1. The number of nitrogens with one attached hydrogen (secondary N) is 1. The molecule has 26 heavy (non-hydrogen) atoms. The summed E-state index contributed by atoms with van der Waals surface area (Å²) in [6.45, 7) is 6.73. The van der Waals surface area contributed by atoms with Gasteiger partial charge in [-0.15, -0.1) is 11.3 Å². The Labute approximate surface area is 155 Å². The van der Waals surface area contributed by atoms with Crippen molar-refractivity contribution >= 4 is 32.0 Å². The molecule has 0 saturated heterocycles. The van der Waals surface area contributed by atoms with E-state index < -0.39 is 10.0 Å². The third kappa shape index (κ3) is 2.90. The van der Waals surface area contributed by atoms with Gasteiger partial charge in [0.05, 0.1) is 11.4 Å². The van der Waals surface area contributed by atoms with Gasteiger partial charge >= 0.3 is 0 Å². The molecule has 0 spiro atoms. The summed E-state index contributed by atoms with van der Waals surface area (Å²) in [6.07, 6.45) is 1.80. The maximum absolute atomic E-state index is 13.1. The number of anilines is 1. The first-order chi connectivity index (χ1) is 12.3. The first-order valence-electron chi connectivity index (χ1n) is 8.26. The molecule has 1 aliphatic heterocycles. The molecule has 7 nitrogen and oxygen atoms in total. The fourth-order valence-corrected chi connectivity index (χ4v) is 5.29. The van der Waals surface area contributed by atoms with Crippen LogP contribution in [0.4, 0.5) is 5.69 Å². The average Bonchev–Trinajstić information content (AvgIpc) is 3.10. The highest BCUT2D eigenvalue weighted by Crippen LogP contribution is 2.34. The quantitative estimate of drug-likeness (QED) is 0.735. The van der Waals surface area contributed by atoms with Crippen LogP contribution in [-0.2, 0) is 10.0 Å². The highest BCUT2D eigenvalue weighted by Gasteiger charge is 2.28. The van der Waals surface area contributed by atoms with Crippen molar-refractivity contribution in [1.82, 2.24) is 9.38 Å². The van der Waals surface area contributed by atoms with Crippen LogP contribution in [0.15, 0.2) is 29.4 Å². The molecule has 0 aliphatic carbocycles. The van der Waals surface area contributed by atoms with Crippen LogP contribution < -0.4 is 14.2 Å². The fraction of sp³-hybridized carbons (Fsp3) is 0.353. The SMILES string of the molecule is Cc1cn2c(S(=O)(=O)Nc3ccc4c(c3)OCCO4)c(C(C)C)nc2s1. The van der Waals surface area contributed by atoms with Crippen molar-refractivity contribution in [2.45, 2.75) is 31.7 Å². The van der Waals surface area contributed by atoms with Crippen molar-refractivity contribution in [2.24, 2.45) is 0 Å². The van der Waals surface area contributed by atoms with Gasteiger partial charge in [-0.2, -0.15) is 8.42 Å². The van der Waals surface area contributed by atoms with Crippen LogP contribution in [0.25, 0.3) is 4.96 Å². The zero-order valence-corrected chi connectivity index (χ0v) is 16.3. The number of sulfonamides is 1. The molecule has 1 N–H and O–H groups in total. The van der Waals surface area contributed by atoms with E-state index in [0.717, 1.165) is 4.88 Å². The number of rotatable bonds is 4. The summed E-state index contributed by atoms with van der Waals surface area (Å²) < 4.78 is 41.6. The van der Waals surface area contributed by atoms with E-state index in [1.54, 1.807) is 28.8 Å². The van der Waals surface area contributed by atoms with Gasteiger partial charge in [0.25, 0.3) is 10.0 Å². The van der Waals surface area contributed by atoms with Crippen molar-refractivity contribution in [2.75, 3.05) is 17.9 Å². The molecule has 1 aromatic carbocycles. The lowest BCUT2D eigenvalue weighted by Gasteiger charge is -2.19. The molecule has 0 bridgehead atoms. The number of benzene rings is 1. The number of fused-ring (bicyclic) bond motifs is 2. The molecule has 138 valence electrons. The van der Waals surface area contributed by atoms with Gasteiger partial charge in [-0.1, -0.05) is 13.8 Å². The normalized spacial score (nSPS) is 14.2. The van der Waals surface area contributed by atoms with Crippen molar-refractivity contribution in [3.8, 4) is 11.5 Å². The van der Waals surface area contributed by atoms with E-state index in [0.29, 0.717) is 41.1 Å². The average molecular weight is 393 g/mol. The monoisotopic (exact) mass is 393 g/mol. The van der Waals surface area contributed by atoms with E-state index in [-0.39, 0.29) is 10.9 Å². The summed E-state index contributed by atoms with van der Waals surface area (Å²) in [5.74, 6) is 1.13. The van der Waals surface area contributed by atoms with Crippen LogP contribution in [-0.4, -0.2) is 31.0 Å². The van der Waals surface area contributed by atoms with Gasteiger partial charge in [0, 0.05) is 17.1 Å². The Bertz CT molecular complexity index is 1080. The fourth-order valence-electron chi connectivity index (χ4n) is 2.91. The summed E-state index contributed by atoms with van der Waals surface area (Å²) in [7, 11) is -3.82. The topological polar surface area (TPSA) is 81.9 Å². The molecular weight excluding hydrogens is 374 g/mol. The predicted molar refractivity (Wildman–Crippen MR) is 100 cm³/mol. The van der Waals surface area contributed by atoms with E-state index in [2.05, 4.69) is 9.71 Å². The predicted octanol–water partition coefficient (Wildman–Crippen LogP) is 3.40. The van der Waals surface area contributed by atoms with Gasteiger partial charge in [-0.05, 0) is 25.0 Å². The zero-order valence-electron chi connectivity index (χ0n) is 14.6. The molecule has 2 aromatic heterocycles. The largest absolute Gasteiger partial charge is 0.486 e. The van der Waals surface area contributed by atoms with Crippen molar-refractivity contribution in [1.29, 1.82) is 0 Å². The Kier molecular flexibility index (Phi) is 4.07. The minimum atomic E-state index is -3.82. The Morgan fingerprint density at radius 2 is 1.96 bits per heavy atom. The number of hydrogen-bond donors (Lipinski definition) is 1. The molecular formula is C17H19N3O4S2. The number of aryl methyl sites for hydroxylation is 1. The maximum atomic E-state index is 13.1. The lowest BCUT2D eigenvalue weighted by Crippen LogP contribution is -2.18. The first kappa shape index (κ1) is 17.2. The highest BCUT2D eigenvalue weighted by molar-refractivity contribution is 7.92. The van der Waals surface area contributed by atoms with E-state index in [1.807, 2.05) is 20.8 Å². The number of aromatic nitrogens is 2. The number of thiazole rings is 1. The summed E-state index contributed by atoms with van der Waals surface area (Å²) in [6, 6.07) is 5.01. The van der Waals surface area contributed by atoms with E-state index in [4.69, 9.17) is 9.47 Å². The van der Waals surface area contributed by atoms with Crippen LogP contribution >= 0.6 is 11.3 Å². The Balaban J connectivity index is 1.77. The maximum Gasteiger partial charge on any atom is 0.279 e. The number of ether oxygens (including phenoxy) is 2. The molecule has 4 rings (SSSR count). The lowest BCUT2D eigenvalue weighted by atomic mass is 10.2. The van der Waals surface area contributed by atoms with Gasteiger partial charge < -0.3 is 9.47 Å². The van der Waals surface area contributed by atoms with Crippen molar-refractivity contribution in [3.05, 3.63) is 35.0 Å². The van der Waals surface area contributed by atoms with Gasteiger partial charge in [0.15, 0.2) is 21.5 Å². The van der Waals surface area contributed by atoms with Gasteiger partial charge in [-0.25, -0.2) is 4.98 Å². The van der Waals surface area contributed by atoms with E-state index in [1.165, 1.54) is 11.3 Å². The van der Waals surface area contributed by atoms with Crippen molar-refractivity contribution < 1.29 is 17.9 Å². The second-order valence-corrected chi connectivity index (χ2v) is 9.23. The highest BCUT2D eigenvalue weighted by atomic mass is 32.2. The van der Waals surface area contributed by atoms with Gasteiger partial charge in [0.2, 0.25) is 0 Å². The van der Waals surface area contributed by atoms with Gasteiger partial charge in [-0.3, -0.25) is 9.12 Å². The minimum Gasteiger partial charge on any atom is -0.486 e. The molecule has 0 radical (unpaired) electrons. The zero-order chi connectivity index (χ0) is 18.5. The number of hydrogen-bond acceptors (Lipinski definition) is 6. The van der Waals surface area contributed by atoms with E-state index >= 15 is 0 Å². The van der Waals surface area contributed by atoms with Crippen LogP contribution in [0.3, 0.4) is 0 Å². The summed E-state index contributed by atoms with van der Waals surface area (Å²) >= 11 is 1.47. The molecule has 3 aromatic rings. The molecule has 0 atom stereocenters. The Morgan fingerprint density at radius 1 is 1.23 bits per heavy atom. The third-order valence-electron chi connectivity index (χ3n) is 4.02. The summed E-state index contributed by atoms with van der Waals surface area (Å²) in [5, 5.41) is 0.182. The Hall–Kier alpha value is -2.26. The standard InChI is InChI=1S/C17H19N3O4S2/c1-10(2)15-16(20-9-11(3)25-17(20)18-15)26(21,22)19-12-4-5-13-14(8-12)24-7-6-23-13/h4-5,8-10,19H,6-7H2,1-3H3. The van der Waals surface area contributed by atoms with E-state index in [9.17, 15) is 8.42 Å². The second-order valence-electron chi connectivity index (χ2n) is 6.42. The molecule has 9 heteroatoms. The molecule has 0 saturated carbocycles. The summed E-state index contributed by atoms with van der Waals surface area (Å²) in [5.41, 5.74) is 0.979. The smallest absolute Gasteiger partial charge is 0.279 e. The van der Waals surface area contributed by atoms with Gasteiger partial charge in [0.1, 0.15) is 13.2 Å². The molecule has 0 unspecified atom stereocenters. The molecule has 1 aliphatic rings. The lowest BCUT2D eigenvalue weighted by molar-refractivity contribution is 0.171. The second kappa shape index (κ2) is 6.17. The Morgan fingerprint density at radius 3 is 2.69 bits per heavy atom. The third-order valence-corrected chi connectivity index (χ3v) is 6.34. The molecule has 0 amide bonds. The van der Waals surface area contributed by atoms with Crippen molar-refractivity contribution in [3.63, 3.8) is 0 Å². The first-order valence-corrected chi connectivity index (χ1v) is 10.6. The van der Waals surface area contributed by atoms with Crippen LogP contribution in [0.5, 0.6) is 11.5 Å². The minimum absolute atomic E-state index is 0.0192. The van der Waals surface area contributed by atoms with Crippen LogP contribution in [0, 0.1) is 6.92 Å². The molecule has 0 fully saturated rings.